The number of anilines is 1. The van der Waals surface area contributed by atoms with Gasteiger partial charge in [0.05, 0.1) is 18.0 Å². The van der Waals surface area contributed by atoms with Gasteiger partial charge in [-0.1, -0.05) is 6.92 Å². The fourth-order valence-electron chi connectivity index (χ4n) is 1.76. The van der Waals surface area contributed by atoms with E-state index in [0.29, 0.717) is 18.2 Å². The van der Waals surface area contributed by atoms with Gasteiger partial charge in [0.2, 0.25) is 5.88 Å². The molecule has 1 heterocycles. The summed E-state index contributed by atoms with van der Waals surface area (Å²) < 4.78 is 26.3. The molecule has 0 saturated heterocycles. The van der Waals surface area contributed by atoms with Crippen molar-refractivity contribution in [2.24, 2.45) is 7.05 Å². The Hall–Kier alpha value is -2.24. The molecule has 6 heteroatoms. The van der Waals surface area contributed by atoms with E-state index < -0.39 is 5.82 Å². The van der Waals surface area contributed by atoms with Gasteiger partial charge in [-0.05, 0) is 13.3 Å². The van der Waals surface area contributed by atoms with Gasteiger partial charge in [0.25, 0.3) is 0 Å². The first-order chi connectivity index (χ1) is 9.51. The lowest BCUT2D eigenvalue weighted by atomic mass is 10.2. The van der Waals surface area contributed by atoms with Crippen molar-refractivity contribution in [2.45, 2.75) is 20.3 Å². The van der Waals surface area contributed by atoms with Crippen LogP contribution in [0.2, 0.25) is 0 Å². The van der Waals surface area contributed by atoms with Crippen LogP contribution >= 0.6 is 0 Å². The van der Waals surface area contributed by atoms with Crippen molar-refractivity contribution in [1.29, 1.82) is 0 Å². The summed E-state index contributed by atoms with van der Waals surface area (Å²) in [5.41, 5.74) is 6.81. The molecule has 0 fully saturated rings. The maximum atomic E-state index is 13.7. The maximum Gasteiger partial charge on any atom is 0.217 e. The molecule has 0 saturated carbocycles. The van der Waals surface area contributed by atoms with E-state index in [-0.39, 0.29) is 11.4 Å². The molecule has 0 amide bonds. The van der Waals surface area contributed by atoms with Crippen LogP contribution in [0.3, 0.4) is 0 Å². The van der Waals surface area contributed by atoms with Gasteiger partial charge in [0.1, 0.15) is 0 Å². The summed E-state index contributed by atoms with van der Waals surface area (Å²) in [5, 5.41) is 4.17. The Balaban J connectivity index is 2.29. The lowest BCUT2D eigenvalue weighted by Gasteiger charge is -2.12. The van der Waals surface area contributed by atoms with Crippen LogP contribution in [0.1, 0.15) is 19.0 Å². The highest BCUT2D eigenvalue weighted by molar-refractivity contribution is 5.57. The predicted octanol–water partition coefficient (Wildman–Crippen LogP) is 3.03. The average Bonchev–Trinajstić information content (AvgIpc) is 2.69. The number of rotatable bonds is 5. The summed E-state index contributed by atoms with van der Waals surface area (Å²) in [4.78, 5) is 0. The highest BCUT2D eigenvalue weighted by Crippen LogP contribution is 2.33. The molecule has 5 nitrogen and oxygen atoms in total. The fourth-order valence-corrected chi connectivity index (χ4v) is 1.76. The molecular weight excluding hydrogens is 261 g/mol. The number of aromatic nitrogens is 2. The van der Waals surface area contributed by atoms with Gasteiger partial charge in [-0.15, -0.1) is 0 Å². The number of hydrogen-bond donors (Lipinski definition) is 1. The fraction of sp³-hybridized carbons (Fsp3) is 0.357. The van der Waals surface area contributed by atoms with Crippen molar-refractivity contribution in [1.82, 2.24) is 9.78 Å². The Morgan fingerprint density at radius 3 is 2.65 bits per heavy atom. The number of nitrogens with zero attached hydrogens (tertiary/aromatic N) is 2. The maximum absolute atomic E-state index is 13.7. The summed E-state index contributed by atoms with van der Waals surface area (Å²) in [7, 11) is 1.76. The topological polar surface area (TPSA) is 62.3 Å². The van der Waals surface area contributed by atoms with E-state index in [0.717, 1.165) is 12.1 Å². The molecule has 0 aliphatic heterocycles. The van der Waals surface area contributed by atoms with Crippen molar-refractivity contribution < 1.29 is 13.9 Å². The number of aryl methyl sites for hydroxylation is 2. The molecule has 0 aliphatic rings. The Labute approximate surface area is 117 Å². The van der Waals surface area contributed by atoms with Crippen LogP contribution in [-0.2, 0) is 7.05 Å². The monoisotopic (exact) mass is 279 g/mol. The quantitative estimate of drug-likeness (QED) is 0.854. The summed E-state index contributed by atoms with van der Waals surface area (Å²) in [5.74, 6) is 0.516. The molecule has 2 rings (SSSR count). The van der Waals surface area contributed by atoms with Crippen LogP contribution in [0.4, 0.5) is 10.1 Å². The van der Waals surface area contributed by atoms with E-state index in [9.17, 15) is 4.39 Å². The van der Waals surface area contributed by atoms with E-state index >= 15 is 0 Å². The highest BCUT2D eigenvalue weighted by atomic mass is 19.1. The molecule has 0 bridgehead atoms. The van der Waals surface area contributed by atoms with Gasteiger partial charge < -0.3 is 15.2 Å². The van der Waals surface area contributed by atoms with E-state index in [1.807, 2.05) is 13.8 Å². The third-order valence-electron chi connectivity index (χ3n) is 2.70. The molecule has 2 aromatic rings. The Morgan fingerprint density at radius 2 is 2.05 bits per heavy atom. The number of halogens is 1. The normalized spacial score (nSPS) is 10.6. The van der Waals surface area contributed by atoms with E-state index in [1.165, 1.54) is 12.1 Å². The molecule has 20 heavy (non-hydrogen) atoms. The molecule has 0 spiro atoms. The summed E-state index contributed by atoms with van der Waals surface area (Å²) >= 11 is 0. The Bertz CT molecular complexity index is 611. The molecule has 1 aromatic heterocycles. The second-order valence-corrected chi connectivity index (χ2v) is 4.52. The number of benzene rings is 1. The van der Waals surface area contributed by atoms with Gasteiger partial charge >= 0.3 is 0 Å². The highest BCUT2D eigenvalue weighted by Gasteiger charge is 2.13. The average molecular weight is 279 g/mol. The van der Waals surface area contributed by atoms with Gasteiger partial charge in [0.15, 0.2) is 17.3 Å². The van der Waals surface area contributed by atoms with Crippen LogP contribution in [0.25, 0.3) is 0 Å². The smallest absolute Gasteiger partial charge is 0.217 e. The lowest BCUT2D eigenvalue weighted by Crippen LogP contribution is -2.01. The molecule has 0 unspecified atom stereocenters. The number of ether oxygens (including phenoxy) is 2. The largest absolute Gasteiger partial charge is 0.490 e. The van der Waals surface area contributed by atoms with Crippen molar-refractivity contribution in [3.05, 3.63) is 29.7 Å². The van der Waals surface area contributed by atoms with Crippen molar-refractivity contribution in [3.8, 4) is 17.4 Å². The Morgan fingerprint density at radius 1 is 1.30 bits per heavy atom. The first-order valence-corrected chi connectivity index (χ1v) is 6.41. The van der Waals surface area contributed by atoms with Gasteiger partial charge in [-0.25, -0.2) is 9.07 Å². The Kier molecular flexibility index (Phi) is 4.12. The zero-order valence-electron chi connectivity index (χ0n) is 11.8. The molecule has 0 aliphatic carbocycles. The minimum absolute atomic E-state index is 0.134. The van der Waals surface area contributed by atoms with E-state index in [1.54, 1.807) is 17.8 Å². The molecule has 2 N–H and O–H groups in total. The van der Waals surface area contributed by atoms with Crippen LogP contribution in [0.5, 0.6) is 17.4 Å². The third-order valence-corrected chi connectivity index (χ3v) is 2.70. The molecular formula is C14H18FN3O2. The van der Waals surface area contributed by atoms with E-state index in [4.69, 9.17) is 15.2 Å². The van der Waals surface area contributed by atoms with Gasteiger partial charge in [0, 0.05) is 25.2 Å². The van der Waals surface area contributed by atoms with E-state index in [2.05, 4.69) is 5.10 Å². The minimum Gasteiger partial charge on any atom is -0.490 e. The van der Waals surface area contributed by atoms with Crippen LogP contribution in [0, 0.1) is 12.7 Å². The standard InChI is InChI=1S/C14H18FN3O2/c1-4-5-19-12-8-13(11(16)7-10(12)15)20-14-6-9(2)17-18(14)3/h6-8H,4-5,16H2,1-3H3. The minimum atomic E-state index is -0.496. The first-order valence-electron chi connectivity index (χ1n) is 6.41. The zero-order chi connectivity index (χ0) is 14.7. The molecule has 108 valence electrons. The van der Waals surface area contributed by atoms with Crippen LogP contribution in [0.15, 0.2) is 18.2 Å². The first kappa shape index (κ1) is 14.2. The predicted molar refractivity (Wildman–Crippen MR) is 74.6 cm³/mol. The van der Waals surface area contributed by atoms with Crippen molar-refractivity contribution in [2.75, 3.05) is 12.3 Å². The number of nitrogens with two attached hydrogens (primary N) is 1. The lowest BCUT2D eigenvalue weighted by molar-refractivity contribution is 0.299. The van der Waals surface area contributed by atoms with Gasteiger partial charge in [-0.3, -0.25) is 0 Å². The number of nitrogen functional groups attached to an aromatic ring is 1. The van der Waals surface area contributed by atoms with Gasteiger partial charge in [-0.2, -0.15) is 5.10 Å². The van der Waals surface area contributed by atoms with Crippen LogP contribution < -0.4 is 15.2 Å². The number of hydrogen-bond acceptors (Lipinski definition) is 4. The van der Waals surface area contributed by atoms with Crippen LogP contribution in [-0.4, -0.2) is 16.4 Å². The SMILES string of the molecule is CCCOc1cc(Oc2cc(C)nn2C)c(N)cc1F. The summed E-state index contributed by atoms with van der Waals surface area (Å²) in [6.07, 6.45) is 0.793. The summed E-state index contributed by atoms with van der Waals surface area (Å²) in [6.45, 7) is 4.24. The molecule has 1 aromatic carbocycles. The summed E-state index contributed by atoms with van der Waals surface area (Å²) in [6, 6.07) is 4.43. The third kappa shape index (κ3) is 3.01. The second-order valence-electron chi connectivity index (χ2n) is 4.52. The zero-order valence-corrected chi connectivity index (χ0v) is 11.8. The van der Waals surface area contributed by atoms with Crippen molar-refractivity contribution >= 4 is 5.69 Å². The molecule has 0 radical (unpaired) electrons. The molecule has 0 atom stereocenters. The second kappa shape index (κ2) is 5.81. The van der Waals surface area contributed by atoms with Crippen molar-refractivity contribution in [3.63, 3.8) is 0 Å².